The van der Waals surface area contributed by atoms with Gasteiger partial charge >= 0.3 is 0 Å². The minimum atomic E-state index is 0.410. The van der Waals surface area contributed by atoms with Crippen LogP contribution < -0.4 is 0 Å². The van der Waals surface area contributed by atoms with E-state index in [4.69, 9.17) is 11.6 Å². The number of nitrogens with zero attached hydrogens (tertiary/aromatic N) is 3. The van der Waals surface area contributed by atoms with Gasteiger partial charge in [-0.05, 0) is 19.5 Å². The van der Waals surface area contributed by atoms with Crippen LogP contribution in [0.5, 0.6) is 0 Å². The first-order valence-electron chi connectivity index (χ1n) is 2.87. The molecule has 3 nitrogen and oxygen atoms in total. The Balaban J connectivity index is 3.35. The van der Waals surface area contributed by atoms with E-state index in [2.05, 4.69) is 28.4 Å². The van der Waals surface area contributed by atoms with Gasteiger partial charge in [0.05, 0.1) is 5.02 Å². The van der Waals surface area contributed by atoms with E-state index in [0.29, 0.717) is 16.5 Å². The summed E-state index contributed by atoms with van der Waals surface area (Å²) in [5.74, 6) is 0.410. The Morgan fingerprint density at radius 2 is 2.09 bits per heavy atom. The predicted molar refractivity (Wildman–Crippen MR) is 47.7 cm³/mol. The molecule has 0 aliphatic heterocycles. The Kier molecular flexibility index (Phi) is 2.33. The van der Waals surface area contributed by atoms with Crippen LogP contribution in [0.3, 0.4) is 0 Å². The lowest BCUT2D eigenvalue weighted by Crippen LogP contribution is -1.74. The van der Waals surface area contributed by atoms with Gasteiger partial charge in [0.2, 0.25) is 0 Å². The van der Waals surface area contributed by atoms with Crippen molar-refractivity contribution >= 4 is 36.5 Å². The fraction of sp³-hybridized carbons (Fsp3) is 0. The Morgan fingerprint density at radius 3 is 2.55 bits per heavy atom. The van der Waals surface area contributed by atoms with E-state index in [0.717, 1.165) is 0 Å². The zero-order valence-electron chi connectivity index (χ0n) is 5.79. The number of hydrogen-bond donors (Lipinski definition) is 0. The van der Waals surface area contributed by atoms with E-state index < -0.39 is 0 Å². The number of aliphatic imine (C=N–C) groups is 2. The summed E-state index contributed by atoms with van der Waals surface area (Å²) in [6.45, 7) is 6.66. The first-order chi connectivity index (χ1) is 5.29. The predicted octanol–water partition coefficient (Wildman–Crippen LogP) is 2.40. The van der Waals surface area contributed by atoms with Crippen molar-refractivity contribution in [2.45, 2.75) is 0 Å². The molecule has 0 bridgehead atoms. The normalized spacial score (nSPS) is 9.18. The molecule has 4 heteroatoms. The van der Waals surface area contributed by atoms with Crippen molar-refractivity contribution in [2.75, 3.05) is 0 Å². The SMILES string of the molecule is C=Nc1nccc(Cl)c1N=C. The molecule has 11 heavy (non-hydrogen) atoms. The first-order valence-corrected chi connectivity index (χ1v) is 3.25. The topological polar surface area (TPSA) is 37.6 Å². The lowest BCUT2D eigenvalue weighted by atomic mass is 10.4. The second kappa shape index (κ2) is 3.25. The smallest absolute Gasteiger partial charge is 0.179 e. The standard InChI is InChI=1S/C7H6ClN3/c1-9-6-5(8)3-4-11-7(6)10-2/h3-4H,1-2H2. The molecule has 1 aromatic heterocycles. The molecule has 56 valence electrons. The van der Waals surface area contributed by atoms with Crippen molar-refractivity contribution in [3.05, 3.63) is 17.3 Å². The summed E-state index contributed by atoms with van der Waals surface area (Å²) in [5, 5.41) is 0.484. The molecule has 0 aliphatic carbocycles. The number of rotatable bonds is 2. The minimum absolute atomic E-state index is 0.410. The van der Waals surface area contributed by atoms with Crippen LogP contribution in [0.15, 0.2) is 22.2 Å². The Labute approximate surface area is 69.5 Å². The molecule has 0 spiro atoms. The van der Waals surface area contributed by atoms with Crippen LogP contribution in [0, 0.1) is 0 Å². The number of hydrogen-bond acceptors (Lipinski definition) is 3. The molecule has 1 aromatic rings. The lowest BCUT2D eigenvalue weighted by molar-refractivity contribution is 1.27. The third-order valence-electron chi connectivity index (χ3n) is 1.16. The summed E-state index contributed by atoms with van der Waals surface area (Å²) in [5.41, 5.74) is 0.476. The molecule has 0 atom stereocenters. The minimum Gasteiger partial charge on any atom is -0.259 e. The Hall–Kier alpha value is -1.22. The Morgan fingerprint density at radius 1 is 1.36 bits per heavy atom. The van der Waals surface area contributed by atoms with E-state index >= 15 is 0 Å². The van der Waals surface area contributed by atoms with E-state index in [9.17, 15) is 0 Å². The van der Waals surface area contributed by atoms with Gasteiger partial charge in [-0.1, -0.05) is 11.6 Å². The fourth-order valence-electron chi connectivity index (χ4n) is 0.682. The van der Waals surface area contributed by atoms with Gasteiger partial charge in [0, 0.05) is 6.20 Å². The van der Waals surface area contributed by atoms with Crippen molar-refractivity contribution in [1.82, 2.24) is 4.98 Å². The van der Waals surface area contributed by atoms with Crippen LogP contribution in [0.2, 0.25) is 5.02 Å². The highest BCUT2D eigenvalue weighted by Gasteiger charge is 2.02. The van der Waals surface area contributed by atoms with Crippen LogP contribution in [-0.2, 0) is 0 Å². The molecular formula is C7H6ClN3. The summed E-state index contributed by atoms with van der Waals surface area (Å²) >= 11 is 5.75. The number of halogens is 1. The lowest BCUT2D eigenvalue weighted by Gasteiger charge is -1.98. The highest BCUT2D eigenvalue weighted by molar-refractivity contribution is 6.33. The van der Waals surface area contributed by atoms with Gasteiger partial charge in [0.1, 0.15) is 5.69 Å². The average Bonchev–Trinajstić information content (AvgIpc) is 2.04. The molecule has 1 rings (SSSR count). The van der Waals surface area contributed by atoms with Crippen molar-refractivity contribution in [3.8, 4) is 0 Å². The second-order valence-electron chi connectivity index (χ2n) is 1.78. The highest BCUT2D eigenvalue weighted by atomic mass is 35.5. The molecule has 0 saturated carbocycles. The molecule has 0 radical (unpaired) electrons. The van der Waals surface area contributed by atoms with E-state index in [-0.39, 0.29) is 0 Å². The zero-order valence-corrected chi connectivity index (χ0v) is 6.54. The summed E-state index contributed by atoms with van der Waals surface area (Å²) in [4.78, 5) is 11.2. The van der Waals surface area contributed by atoms with E-state index in [1.54, 1.807) is 12.3 Å². The van der Waals surface area contributed by atoms with Crippen molar-refractivity contribution in [1.29, 1.82) is 0 Å². The van der Waals surface area contributed by atoms with Gasteiger partial charge in [0.15, 0.2) is 5.82 Å². The quantitative estimate of drug-likeness (QED) is 0.624. The van der Waals surface area contributed by atoms with Crippen LogP contribution >= 0.6 is 11.6 Å². The van der Waals surface area contributed by atoms with Gasteiger partial charge in [-0.3, -0.25) is 4.99 Å². The summed E-state index contributed by atoms with van der Waals surface area (Å²) in [6.07, 6.45) is 1.54. The third-order valence-corrected chi connectivity index (χ3v) is 1.47. The molecule has 0 unspecified atom stereocenters. The summed E-state index contributed by atoms with van der Waals surface area (Å²) in [7, 11) is 0. The molecule has 0 saturated heterocycles. The monoisotopic (exact) mass is 167 g/mol. The molecule has 0 aliphatic rings. The molecular weight excluding hydrogens is 162 g/mol. The van der Waals surface area contributed by atoms with Crippen molar-refractivity contribution in [3.63, 3.8) is 0 Å². The van der Waals surface area contributed by atoms with Gasteiger partial charge in [-0.15, -0.1) is 0 Å². The second-order valence-corrected chi connectivity index (χ2v) is 2.19. The molecule has 0 N–H and O–H groups in total. The number of aromatic nitrogens is 1. The van der Waals surface area contributed by atoms with Crippen molar-refractivity contribution < 1.29 is 0 Å². The van der Waals surface area contributed by atoms with Crippen LogP contribution in [0.1, 0.15) is 0 Å². The maximum atomic E-state index is 5.75. The largest absolute Gasteiger partial charge is 0.259 e. The maximum Gasteiger partial charge on any atom is 0.179 e. The van der Waals surface area contributed by atoms with Crippen LogP contribution in [0.25, 0.3) is 0 Å². The first kappa shape index (κ1) is 7.88. The van der Waals surface area contributed by atoms with Crippen LogP contribution in [-0.4, -0.2) is 18.4 Å². The highest BCUT2D eigenvalue weighted by Crippen LogP contribution is 2.31. The Bertz CT molecular complexity index is 296. The van der Waals surface area contributed by atoms with Crippen LogP contribution in [0.4, 0.5) is 11.5 Å². The summed E-state index contributed by atoms with van der Waals surface area (Å²) < 4.78 is 0. The van der Waals surface area contributed by atoms with E-state index in [1.807, 2.05) is 0 Å². The number of pyridine rings is 1. The average molecular weight is 168 g/mol. The molecule has 0 fully saturated rings. The van der Waals surface area contributed by atoms with E-state index in [1.165, 1.54) is 0 Å². The fourth-order valence-corrected chi connectivity index (χ4v) is 0.883. The van der Waals surface area contributed by atoms with Gasteiger partial charge in [-0.25, -0.2) is 9.98 Å². The van der Waals surface area contributed by atoms with Gasteiger partial charge < -0.3 is 0 Å². The van der Waals surface area contributed by atoms with Gasteiger partial charge in [-0.2, -0.15) is 0 Å². The molecule has 0 amide bonds. The maximum absolute atomic E-state index is 5.75. The van der Waals surface area contributed by atoms with Gasteiger partial charge in [0.25, 0.3) is 0 Å². The third kappa shape index (κ3) is 1.43. The summed E-state index contributed by atoms with van der Waals surface area (Å²) in [6, 6.07) is 1.63. The zero-order chi connectivity index (χ0) is 8.27. The molecule has 1 heterocycles. The molecule has 0 aromatic carbocycles. The van der Waals surface area contributed by atoms with Crippen molar-refractivity contribution in [2.24, 2.45) is 9.98 Å².